The molecule has 20 heavy (non-hydrogen) atoms. The summed E-state index contributed by atoms with van der Waals surface area (Å²) >= 11 is 0. The average molecular weight is 305 g/mol. The number of methoxy groups -OCH3 is 1. The molecule has 0 saturated carbocycles. The molecule has 2 rings (SSSR count). The molecule has 2 saturated heterocycles. The van der Waals surface area contributed by atoms with Crippen molar-refractivity contribution in [2.75, 3.05) is 45.4 Å². The van der Waals surface area contributed by atoms with Crippen LogP contribution in [0.5, 0.6) is 0 Å². The first kappa shape index (κ1) is 15.7. The number of ether oxygens (including phenoxy) is 2. The summed E-state index contributed by atoms with van der Waals surface area (Å²) in [6.07, 6.45) is 3.97. The van der Waals surface area contributed by atoms with Crippen molar-refractivity contribution in [1.82, 2.24) is 4.90 Å². The maximum absolute atomic E-state index is 11.9. The maximum Gasteiger partial charge on any atom is 0.237 e. The van der Waals surface area contributed by atoms with E-state index in [-0.39, 0.29) is 23.2 Å². The molecular formula is C13H23NO5S. The van der Waals surface area contributed by atoms with Crippen molar-refractivity contribution in [3.05, 3.63) is 0 Å². The standard InChI is InChI=1S/C13H23NO5S/c1-18-8-11-7-13(10-19-11)3-5-14(6-4-13)12(15)9-20(2,16)17/h11H,3-10H2,1-2H3/t11-/m1/s1. The van der Waals surface area contributed by atoms with Crippen LogP contribution in [0, 0.1) is 5.41 Å². The number of piperidine rings is 1. The van der Waals surface area contributed by atoms with Gasteiger partial charge in [0, 0.05) is 26.5 Å². The van der Waals surface area contributed by atoms with Gasteiger partial charge in [-0.05, 0) is 24.7 Å². The molecular weight excluding hydrogens is 282 g/mol. The number of hydrogen-bond acceptors (Lipinski definition) is 5. The van der Waals surface area contributed by atoms with Gasteiger partial charge in [-0.1, -0.05) is 0 Å². The van der Waals surface area contributed by atoms with Gasteiger partial charge >= 0.3 is 0 Å². The molecule has 116 valence electrons. The van der Waals surface area contributed by atoms with Crippen LogP contribution in [-0.4, -0.2) is 70.8 Å². The van der Waals surface area contributed by atoms with Crippen LogP contribution in [0.2, 0.25) is 0 Å². The van der Waals surface area contributed by atoms with E-state index in [1.807, 2.05) is 0 Å². The Morgan fingerprint density at radius 3 is 2.60 bits per heavy atom. The van der Waals surface area contributed by atoms with Crippen molar-refractivity contribution in [3.63, 3.8) is 0 Å². The molecule has 2 heterocycles. The third-order valence-corrected chi connectivity index (χ3v) is 4.97. The van der Waals surface area contributed by atoms with Crippen LogP contribution in [0.15, 0.2) is 0 Å². The lowest BCUT2D eigenvalue weighted by Crippen LogP contribution is -2.45. The van der Waals surface area contributed by atoms with E-state index in [0.29, 0.717) is 19.7 Å². The predicted molar refractivity (Wildman–Crippen MR) is 74.2 cm³/mol. The zero-order valence-corrected chi connectivity index (χ0v) is 12.9. The Morgan fingerprint density at radius 2 is 2.05 bits per heavy atom. The van der Waals surface area contributed by atoms with E-state index in [2.05, 4.69) is 0 Å². The Kier molecular flexibility index (Phi) is 4.71. The number of hydrogen-bond donors (Lipinski definition) is 0. The molecule has 1 spiro atoms. The molecule has 0 aromatic carbocycles. The molecule has 0 unspecified atom stereocenters. The first-order valence-electron chi connectivity index (χ1n) is 6.90. The minimum absolute atomic E-state index is 0.144. The Bertz CT molecular complexity index is 453. The van der Waals surface area contributed by atoms with Crippen LogP contribution < -0.4 is 0 Å². The summed E-state index contributed by atoms with van der Waals surface area (Å²) < 4.78 is 33.2. The molecule has 1 atom stereocenters. The van der Waals surface area contributed by atoms with Crippen LogP contribution in [0.1, 0.15) is 19.3 Å². The number of carbonyl (C=O) groups is 1. The van der Waals surface area contributed by atoms with Gasteiger partial charge in [-0.3, -0.25) is 4.79 Å². The molecule has 0 aromatic heterocycles. The molecule has 2 fully saturated rings. The average Bonchev–Trinajstić information content (AvgIpc) is 2.71. The van der Waals surface area contributed by atoms with Crippen LogP contribution in [0.4, 0.5) is 0 Å². The van der Waals surface area contributed by atoms with Gasteiger partial charge in [0.05, 0.1) is 19.3 Å². The smallest absolute Gasteiger partial charge is 0.237 e. The predicted octanol–water partition coefficient (Wildman–Crippen LogP) is 0.0751. The van der Waals surface area contributed by atoms with E-state index < -0.39 is 9.84 Å². The topological polar surface area (TPSA) is 72.9 Å². The highest BCUT2D eigenvalue weighted by Gasteiger charge is 2.43. The molecule has 7 heteroatoms. The minimum Gasteiger partial charge on any atom is -0.382 e. The number of sulfone groups is 1. The number of nitrogens with zero attached hydrogens (tertiary/aromatic N) is 1. The molecule has 0 bridgehead atoms. The highest BCUT2D eigenvalue weighted by atomic mass is 32.2. The second-order valence-corrected chi connectivity index (χ2v) is 8.18. The lowest BCUT2D eigenvalue weighted by Gasteiger charge is -2.38. The van der Waals surface area contributed by atoms with Gasteiger partial charge in [-0.25, -0.2) is 8.42 Å². The van der Waals surface area contributed by atoms with Crippen LogP contribution >= 0.6 is 0 Å². The number of carbonyl (C=O) groups excluding carboxylic acids is 1. The van der Waals surface area contributed by atoms with Crippen molar-refractivity contribution in [1.29, 1.82) is 0 Å². The van der Waals surface area contributed by atoms with E-state index in [4.69, 9.17) is 9.47 Å². The monoisotopic (exact) mass is 305 g/mol. The van der Waals surface area contributed by atoms with Gasteiger partial charge in [-0.15, -0.1) is 0 Å². The summed E-state index contributed by atoms with van der Waals surface area (Å²) in [7, 11) is -1.58. The lowest BCUT2D eigenvalue weighted by molar-refractivity contribution is -0.130. The van der Waals surface area contributed by atoms with Crippen LogP contribution in [0.3, 0.4) is 0 Å². The fourth-order valence-corrected chi connectivity index (χ4v) is 3.71. The molecule has 2 aliphatic rings. The zero-order valence-electron chi connectivity index (χ0n) is 12.1. The molecule has 0 radical (unpaired) electrons. The first-order chi connectivity index (χ1) is 9.34. The van der Waals surface area contributed by atoms with Gasteiger partial charge < -0.3 is 14.4 Å². The van der Waals surface area contributed by atoms with Crippen LogP contribution in [-0.2, 0) is 24.1 Å². The highest BCUT2D eigenvalue weighted by Crippen LogP contribution is 2.41. The van der Waals surface area contributed by atoms with Crippen LogP contribution in [0.25, 0.3) is 0 Å². The molecule has 6 nitrogen and oxygen atoms in total. The largest absolute Gasteiger partial charge is 0.382 e. The third-order valence-electron chi connectivity index (χ3n) is 4.20. The number of rotatable bonds is 4. The van der Waals surface area contributed by atoms with E-state index in [9.17, 15) is 13.2 Å². The van der Waals surface area contributed by atoms with Crippen molar-refractivity contribution in [2.24, 2.45) is 5.41 Å². The minimum atomic E-state index is -3.25. The second kappa shape index (κ2) is 5.99. The SMILES string of the molecule is COC[C@H]1CC2(CCN(C(=O)CS(C)(=O)=O)CC2)CO1. The Labute approximate surface area is 120 Å². The number of likely N-dealkylation sites (tertiary alicyclic amines) is 1. The highest BCUT2D eigenvalue weighted by molar-refractivity contribution is 7.91. The quantitative estimate of drug-likeness (QED) is 0.735. The summed E-state index contributed by atoms with van der Waals surface area (Å²) in [5.41, 5.74) is 0.144. The third kappa shape index (κ3) is 3.93. The van der Waals surface area contributed by atoms with E-state index in [1.54, 1.807) is 12.0 Å². The van der Waals surface area contributed by atoms with E-state index in [1.165, 1.54) is 0 Å². The zero-order chi connectivity index (χ0) is 14.8. The summed E-state index contributed by atoms with van der Waals surface area (Å²) in [5, 5.41) is 0. The fraction of sp³-hybridized carbons (Fsp3) is 0.923. The fourth-order valence-electron chi connectivity index (χ4n) is 3.08. The van der Waals surface area contributed by atoms with Gasteiger partial charge in [0.25, 0.3) is 0 Å². The number of amides is 1. The molecule has 1 amide bonds. The van der Waals surface area contributed by atoms with Crippen molar-refractivity contribution < 1.29 is 22.7 Å². The molecule has 2 aliphatic heterocycles. The summed E-state index contributed by atoms with van der Waals surface area (Å²) in [6, 6.07) is 0. The van der Waals surface area contributed by atoms with Gasteiger partial charge in [0.2, 0.25) is 5.91 Å². The Hall–Kier alpha value is -0.660. The summed E-state index contributed by atoms with van der Waals surface area (Å²) in [5.74, 6) is -0.669. The van der Waals surface area contributed by atoms with Gasteiger partial charge in [0.1, 0.15) is 5.75 Å². The lowest BCUT2D eigenvalue weighted by atomic mass is 9.76. The summed E-state index contributed by atoms with van der Waals surface area (Å²) in [6.45, 7) is 2.57. The van der Waals surface area contributed by atoms with Gasteiger partial charge in [-0.2, -0.15) is 0 Å². The van der Waals surface area contributed by atoms with Crippen molar-refractivity contribution >= 4 is 15.7 Å². The molecule has 0 aliphatic carbocycles. The maximum atomic E-state index is 11.9. The Morgan fingerprint density at radius 1 is 1.40 bits per heavy atom. The van der Waals surface area contributed by atoms with Gasteiger partial charge in [0.15, 0.2) is 9.84 Å². The van der Waals surface area contributed by atoms with Crippen molar-refractivity contribution in [3.8, 4) is 0 Å². The normalized spacial score (nSPS) is 26.1. The van der Waals surface area contributed by atoms with Crippen molar-refractivity contribution in [2.45, 2.75) is 25.4 Å². The second-order valence-electron chi connectivity index (χ2n) is 6.04. The molecule has 0 aromatic rings. The Balaban J connectivity index is 1.85. The summed E-state index contributed by atoms with van der Waals surface area (Å²) in [4.78, 5) is 13.5. The van der Waals surface area contributed by atoms with E-state index >= 15 is 0 Å². The first-order valence-corrected chi connectivity index (χ1v) is 8.96. The van der Waals surface area contributed by atoms with E-state index in [0.717, 1.165) is 32.1 Å². The molecule has 0 N–H and O–H groups in total.